The van der Waals surface area contributed by atoms with Crippen LogP contribution in [0, 0.1) is 0 Å². The van der Waals surface area contributed by atoms with Gasteiger partial charge < -0.3 is 40.3 Å². The lowest BCUT2D eigenvalue weighted by Gasteiger charge is -2.40. The molecule has 9 heteroatoms. The van der Waals surface area contributed by atoms with Crippen LogP contribution in [0.4, 0.5) is 0 Å². The van der Waals surface area contributed by atoms with Gasteiger partial charge in [0.05, 0.1) is 25.4 Å². The zero-order valence-corrected chi connectivity index (χ0v) is 50.1. The highest BCUT2D eigenvalue weighted by molar-refractivity contribution is 5.76. The Morgan fingerprint density at radius 3 is 1.18 bits per heavy atom. The Bertz CT molecular complexity index is 1550. The van der Waals surface area contributed by atoms with Crippen molar-refractivity contribution >= 4 is 5.91 Å². The van der Waals surface area contributed by atoms with Gasteiger partial charge in [-0.25, -0.2) is 0 Å². The summed E-state index contributed by atoms with van der Waals surface area (Å²) in [4.78, 5) is 13.1. The predicted octanol–water partition coefficient (Wildman–Crippen LogP) is 17.1. The molecule has 0 aromatic heterocycles. The maximum Gasteiger partial charge on any atom is 0.220 e. The summed E-state index contributed by atoms with van der Waals surface area (Å²) >= 11 is 0. The molecular formula is C69H121NO8. The number of aliphatic hydroxyl groups is 5. The second kappa shape index (κ2) is 57.3. The molecule has 0 bridgehead atoms. The Labute approximate surface area is 479 Å². The Morgan fingerprint density at radius 2 is 0.795 bits per heavy atom. The lowest BCUT2D eigenvalue weighted by atomic mass is 9.99. The molecule has 450 valence electrons. The Kier molecular flexibility index (Phi) is 53.8. The summed E-state index contributed by atoms with van der Waals surface area (Å²) in [7, 11) is 0. The zero-order valence-electron chi connectivity index (χ0n) is 50.1. The summed E-state index contributed by atoms with van der Waals surface area (Å²) in [6, 6.07) is -0.819. The van der Waals surface area contributed by atoms with E-state index in [1.54, 1.807) is 6.08 Å². The normalized spacial score (nSPS) is 19.3. The quantitative estimate of drug-likeness (QED) is 0.0261. The number of hydrogen-bond acceptors (Lipinski definition) is 8. The smallest absolute Gasteiger partial charge is 0.220 e. The molecule has 78 heavy (non-hydrogen) atoms. The first-order chi connectivity index (χ1) is 38.3. The van der Waals surface area contributed by atoms with Gasteiger partial charge in [0.2, 0.25) is 5.91 Å². The van der Waals surface area contributed by atoms with Crippen LogP contribution >= 0.6 is 0 Å². The van der Waals surface area contributed by atoms with Gasteiger partial charge in [-0.05, 0) is 77.0 Å². The standard InChI is InChI=1S/C69H121NO8/c1-3-5-7-9-11-13-15-17-19-21-23-25-27-29-31-32-33-35-37-39-41-43-45-47-49-51-53-55-57-59-65(73)70-62(61-77-69-68(76)67(75)66(74)64(60-71)78-69)63(72)58-56-54-52-50-48-46-44-42-40-38-36-34-30-28-26-24-22-20-18-16-14-12-10-8-6-4-2/h5,7,11,13,17,19,23,25,29,31,33,35,39,41,56,58,62-64,66-69,71-72,74-76H,3-4,6,8-10,12,14-16,18,20-22,24,26-28,30,32,34,36-38,40,42-55,57,59-61H2,1-2H3,(H,70,73)/b7-5-,13-11-,19-17-,25-23-,31-29-,35-33-,41-39-,58-56+. The number of rotatable bonds is 55. The summed E-state index contributed by atoms with van der Waals surface area (Å²) in [5, 5.41) is 54.7. The number of amides is 1. The van der Waals surface area contributed by atoms with Crippen LogP contribution in [-0.2, 0) is 14.3 Å². The predicted molar refractivity (Wildman–Crippen MR) is 331 cm³/mol. The molecule has 1 fully saturated rings. The van der Waals surface area contributed by atoms with Crippen molar-refractivity contribution in [2.45, 2.75) is 320 Å². The molecule has 0 aliphatic carbocycles. The number of carbonyl (C=O) groups is 1. The van der Waals surface area contributed by atoms with Crippen molar-refractivity contribution in [1.29, 1.82) is 0 Å². The van der Waals surface area contributed by atoms with Gasteiger partial charge in [-0.15, -0.1) is 0 Å². The van der Waals surface area contributed by atoms with Crippen molar-refractivity contribution in [3.05, 3.63) is 97.2 Å². The second-order valence-electron chi connectivity index (χ2n) is 22.2. The first-order valence-corrected chi connectivity index (χ1v) is 32.5. The van der Waals surface area contributed by atoms with Gasteiger partial charge in [0, 0.05) is 6.42 Å². The number of ether oxygens (including phenoxy) is 2. The van der Waals surface area contributed by atoms with Gasteiger partial charge in [-0.1, -0.05) is 291 Å². The molecule has 1 amide bonds. The van der Waals surface area contributed by atoms with Gasteiger partial charge in [0.1, 0.15) is 24.4 Å². The van der Waals surface area contributed by atoms with Crippen LogP contribution < -0.4 is 5.32 Å². The van der Waals surface area contributed by atoms with Gasteiger partial charge >= 0.3 is 0 Å². The van der Waals surface area contributed by atoms with Gasteiger partial charge in [0.25, 0.3) is 0 Å². The fourth-order valence-corrected chi connectivity index (χ4v) is 9.84. The molecule has 0 aromatic rings. The molecule has 0 saturated carbocycles. The van der Waals surface area contributed by atoms with Crippen molar-refractivity contribution in [1.82, 2.24) is 5.32 Å². The first kappa shape index (κ1) is 73.1. The minimum atomic E-state index is -1.58. The summed E-state index contributed by atoms with van der Waals surface area (Å²) in [6.07, 6.45) is 76.2. The van der Waals surface area contributed by atoms with Gasteiger partial charge in [-0.3, -0.25) is 4.79 Å². The number of aliphatic hydroxyl groups excluding tert-OH is 5. The molecule has 7 unspecified atom stereocenters. The number of nitrogens with one attached hydrogen (secondary N) is 1. The Morgan fingerprint density at radius 1 is 0.449 bits per heavy atom. The van der Waals surface area contributed by atoms with Crippen LogP contribution in [0.5, 0.6) is 0 Å². The Hall–Kier alpha value is -2.89. The number of unbranched alkanes of at least 4 members (excludes halogenated alkanes) is 31. The fraction of sp³-hybridized carbons (Fsp3) is 0.754. The summed E-state index contributed by atoms with van der Waals surface area (Å²) in [6.45, 7) is 3.68. The molecule has 6 N–H and O–H groups in total. The fourth-order valence-electron chi connectivity index (χ4n) is 9.84. The van der Waals surface area contributed by atoms with Gasteiger partial charge in [0.15, 0.2) is 6.29 Å². The molecular weight excluding hydrogens is 971 g/mol. The largest absolute Gasteiger partial charge is 0.394 e. The summed E-state index contributed by atoms with van der Waals surface area (Å²) in [5.74, 6) is -0.189. The van der Waals surface area contributed by atoms with Crippen LogP contribution in [-0.4, -0.2) is 87.5 Å². The average Bonchev–Trinajstić information content (AvgIpc) is 3.45. The maximum absolute atomic E-state index is 13.1. The molecule has 7 atom stereocenters. The van der Waals surface area contributed by atoms with Crippen LogP contribution in [0.2, 0.25) is 0 Å². The van der Waals surface area contributed by atoms with E-state index in [1.165, 1.54) is 161 Å². The average molecular weight is 1090 g/mol. The monoisotopic (exact) mass is 1090 g/mol. The van der Waals surface area contributed by atoms with E-state index in [-0.39, 0.29) is 12.5 Å². The number of carbonyl (C=O) groups excluding carboxylic acids is 1. The molecule has 0 aromatic carbocycles. The van der Waals surface area contributed by atoms with Crippen molar-refractivity contribution in [3.63, 3.8) is 0 Å². The lowest BCUT2D eigenvalue weighted by Crippen LogP contribution is -2.60. The van der Waals surface area contributed by atoms with Crippen molar-refractivity contribution in [2.75, 3.05) is 13.2 Å². The number of hydrogen-bond donors (Lipinski definition) is 6. The van der Waals surface area contributed by atoms with Crippen molar-refractivity contribution in [2.24, 2.45) is 0 Å². The second-order valence-corrected chi connectivity index (χ2v) is 22.2. The van der Waals surface area contributed by atoms with E-state index in [1.807, 2.05) is 6.08 Å². The third-order valence-corrected chi connectivity index (χ3v) is 14.9. The highest BCUT2D eigenvalue weighted by Crippen LogP contribution is 2.23. The highest BCUT2D eigenvalue weighted by atomic mass is 16.7. The van der Waals surface area contributed by atoms with E-state index >= 15 is 0 Å². The van der Waals surface area contributed by atoms with Crippen molar-refractivity contribution in [3.8, 4) is 0 Å². The van der Waals surface area contributed by atoms with E-state index in [9.17, 15) is 30.3 Å². The van der Waals surface area contributed by atoms with Crippen molar-refractivity contribution < 1.29 is 39.8 Å². The van der Waals surface area contributed by atoms with Gasteiger partial charge in [-0.2, -0.15) is 0 Å². The van der Waals surface area contributed by atoms with Crippen LogP contribution in [0.15, 0.2) is 97.2 Å². The molecule has 0 radical (unpaired) electrons. The molecule has 1 rings (SSSR count). The first-order valence-electron chi connectivity index (χ1n) is 32.5. The van der Waals surface area contributed by atoms with E-state index < -0.39 is 49.5 Å². The molecule has 1 aliphatic heterocycles. The molecule has 1 heterocycles. The molecule has 1 aliphatic rings. The highest BCUT2D eigenvalue weighted by Gasteiger charge is 2.44. The molecule has 0 spiro atoms. The minimum Gasteiger partial charge on any atom is -0.394 e. The maximum atomic E-state index is 13.1. The minimum absolute atomic E-state index is 0.189. The molecule has 9 nitrogen and oxygen atoms in total. The van der Waals surface area contributed by atoms with Crippen LogP contribution in [0.3, 0.4) is 0 Å². The van der Waals surface area contributed by atoms with Crippen LogP contribution in [0.25, 0.3) is 0 Å². The third kappa shape index (κ3) is 45.8. The number of allylic oxidation sites excluding steroid dienone is 15. The third-order valence-electron chi connectivity index (χ3n) is 14.9. The summed E-state index contributed by atoms with van der Waals surface area (Å²) < 4.78 is 11.3. The SMILES string of the molecule is CC/C=C\C/C=C\C/C=C\C/C=C\C/C=C\C/C=C\C/C=C\CCCCCCCCCC(=O)NC(COC1OC(CO)C(O)C(O)C1O)C(O)/C=C/CCCCCCCCCCCCCCCCCCCCCCCCCC. The topological polar surface area (TPSA) is 149 Å². The van der Waals surface area contributed by atoms with E-state index in [0.29, 0.717) is 6.42 Å². The Balaban J connectivity index is 2.21. The van der Waals surface area contributed by atoms with E-state index in [4.69, 9.17) is 9.47 Å². The van der Waals surface area contributed by atoms with Crippen LogP contribution in [0.1, 0.15) is 277 Å². The molecule has 1 saturated heterocycles. The zero-order chi connectivity index (χ0) is 56.5. The lowest BCUT2D eigenvalue weighted by molar-refractivity contribution is -0.302. The van der Waals surface area contributed by atoms with E-state index in [0.717, 1.165) is 96.3 Å². The van der Waals surface area contributed by atoms with E-state index in [2.05, 4.69) is 104 Å². The summed E-state index contributed by atoms with van der Waals surface area (Å²) in [5.41, 5.74) is 0.